The normalized spacial score (nSPS) is 15.1. The maximum Gasteiger partial charge on any atom is 0.135 e. The largest absolute Gasteiger partial charge is 0.460 e. The van der Waals surface area contributed by atoms with Crippen LogP contribution >= 0.6 is 0 Å². The Hall–Kier alpha value is -6.32. The van der Waals surface area contributed by atoms with Crippen LogP contribution in [0.2, 0.25) is 0 Å². The van der Waals surface area contributed by atoms with Crippen molar-refractivity contribution in [2.24, 2.45) is 0 Å². The number of nitrogens with zero attached hydrogens (tertiary/aromatic N) is 1. The molecule has 2 heterocycles. The first-order valence-corrected chi connectivity index (χ1v) is 16.9. The van der Waals surface area contributed by atoms with E-state index in [9.17, 15) is 0 Å². The Labute approximate surface area is 284 Å². The number of anilines is 3. The predicted octanol–water partition coefficient (Wildman–Crippen LogP) is 12.7. The number of rotatable bonds is 5. The molecule has 0 saturated heterocycles. The molecular weight excluding hydrogens is 599 g/mol. The van der Waals surface area contributed by atoms with Crippen molar-refractivity contribution in [3.05, 3.63) is 187 Å². The topological polar surface area (TPSA) is 25.6 Å². The average molecular weight is 630 g/mol. The van der Waals surface area contributed by atoms with Crippen LogP contribution in [0.4, 0.5) is 17.1 Å². The van der Waals surface area contributed by atoms with Crippen LogP contribution in [-0.4, -0.2) is 0 Å². The number of furan rings is 1. The fourth-order valence-corrected chi connectivity index (χ4v) is 7.67. The molecule has 2 aliphatic rings. The molecule has 1 aromatic heterocycles. The molecule has 0 bridgehead atoms. The summed E-state index contributed by atoms with van der Waals surface area (Å²) in [6, 6.07) is 56.1. The molecule has 7 aromatic carbocycles. The van der Waals surface area contributed by atoms with Gasteiger partial charge in [0.2, 0.25) is 0 Å². The third kappa shape index (κ3) is 4.58. The van der Waals surface area contributed by atoms with E-state index in [1.165, 1.54) is 27.5 Å². The number of hydrogen-bond donors (Lipinski definition) is 0. The molecule has 1 aliphatic heterocycles. The van der Waals surface area contributed by atoms with Gasteiger partial charge in [-0.1, -0.05) is 115 Å². The minimum atomic E-state index is 0.268. The van der Waals surface area contributed by atoms with Crippen molar-refractivity contribution in [1.29, 1.82) is 0 Å². The van der Waals surface area contributed by atoms with E-state index in [1.54, 1.807) is 0 Å². The number of allylic oxidation sites excluding steroid dienone is 4. The molecule has 0 spiro atoms. The maximum absolute atomic E-state index is 6.45. The summed E-state index contributed by atoms with van der Waals surface area (Å²) in [5.41, 5.74) is 11.0. The van der Waals surface area contributed by atoms with E-state index in [0.29, 0.717) is 0 Å². The highest BCUT2D eigenvalue weighted by molar-refractivity contribution is 6.06. The van der Waals surface area contributed by atoms with Crippen LogP contribution in [0.25, 0.3) is 49.4 Å². The molecule has 0 amide bonds. The van der Waals surface area contributed by atoms with E-state index < -0.39 is 0 Å². The van der Waals surface area contributed by atoms with Gasteiger partial charge in [0.05, 0.1) is 0 Å². The smallest absolute Gasteiger partial charge is 0.135 e. The van der Waals surface area contributed by atoms with Crippen molar-refractivity contribution in [1.82, 2.24) is 0 Å². The van der Waals surface area contributed by atoms with Gasteiger partial charge < -0.3 is 14.1 Å². The zero-order valence-electron chi connectivity index (χ0n) is 26.7. The lowest BCUT2D eigenvalue weighted by molar-refractivity contribution is 0.429. The summed E-state index contributed by atoms with van der Waals surface area (Å²) in [6.07, 6.45) is 5.45. The molecular formula is C46H31NO2. The quantitative estimate of drug-likeness (QED) is 0.189. The summed E-state index contributed by atoms with van der Waals surface area (Å²) in [4.78, 5) is 2.33. The zero-order chi connectivity index (χ0) is 32.3. The van der Waals surface area contributed by atoms with Gasteiger partial charge in [-0.15, -0.1) is 0 Å². The fourth-order valence-electron chi connectivity index (χ4n) is 7.67. The molecule has 49 heavy (non-hydrogen) atoms. The van der Waals surface area contributed by atoms with Gasteiger partial charge in [-0.2, -0.15) is 0 Å². The number of para-hydroxylation sites is 2. The lowest BCUT2D eigenvalue weighted by Crippen LogP contribution is -2.10. The molecule has 0 N–H and O–H groups in total. The van der Waals surface area contributed by atoms with Crippen molar-refractivity contribution >= 4 is 55.3 Å². The average Bonchev–Trinajstić information content (AvgIpc) is 3.74. The Morgan fingerprint density at radius 1 is 0.531 bits per heavy atom. The third-order valence-corrected chi connectivity index (χ3v) is 10.0. The number of benzene rings is 7. The van der Waals surface area contributed by atoms with Gasteiger partial charge in [-0.25, -0.2) is 0 Å². The highest BCUT2D eigenvalue weighted by Gasteiger charge is 2.32. The van der Waals surface area contributed by atoms with Crippen molar-refractivity contribution < 1.29 is 9.15 Å². The Kier molecular flexibility index (Phi) is 6.31. The van der Waals surface area contributed by atoms with Gasteiger partial charge in [0.25, 0.3) is 0 Å². The van der Waals surface area contributed by atoms with Crippen molar-refractivity contribution in [2.45, 2.75) is 12.3 Å². The van der Waals surface area contributed by atoms with Crippen LogP contribution in [0.5, 0.6) is 5.75 Å². The molecule has 10 rings (SSSR count). The third-order valence-electron chi connectivity index (χ3n) is 10.0. The Bertz CT molecular complexity index is 2600. The van der Waals surface area contributed by atoms with E-state index in [2.05, 4.69) is 157 Å². The first-order chi connectivity index (χ1) is 24.3. The number of fused-ring (bicyclic) bond motifs is 7. The summed E-state index contributed by atoms with van der Waals surface area (Å²) >= 11 is 0. The second kappa shape index (κ2) is 11.1. The molecule has 3 nitrogen and oxygen atoms in total. The minimum absolute atomic E-state index is 0.268. The van der Waals surface area contributed by atoms with E-state index in [-0.39, 0.29) is 5.92 Å². The molecule has 1 unspecified atom stereocenters. The second-order valence-electron chi connectivity index (χ2n) is 12.8. The molecule has 1 atom stereocenters. The second-order valence-corrected chi connectivity index (χ2v) is 12.8. The molecule has 1 aliphatic carbocycles. The summed E-state index contributed by atoms with van der Waals surface area (Å²) in [5.74, 6) is 2.29. The van der Waals surface area contributed by atoms with Gasteiger partial charge in [-0.05, 0) is 88.5 Å². The van der Waals surface area contributed by atoms with Crippen molar-refractivity contribution in [3.63, 3.8) is 0 Å². The standard InChI is InChI=1S/C46H31NO2/c1-2-11-36-30(9-1)10-7-14-37(36)31-19-23-33(24-20-31)47(35-27-28-45-42(29-35)40-13-4-5-17-43(40)48-45)34-25-21-32(22-26-34)38-15-8-16-41-39-12-3-6-18-44(39)49-46(38)41/h1-15,17-29,41H,16H2. The summed E-state index contributed by atoms with van der Waals surface area (Å²) in [5, 5.41) is 4.72. The van der Waals surface area contributed by atoms with E-state index in [0.717, 1.165) is 68.1 Å². The first kappa shape index (κ1) is 27.8. The van der Waals surface area contributed by atoms with Crippen LogP contribution in [0.15, 0.2) is 180 Å². The molecule has 232 valence electrons. The lowest BCUT2D eigenvalue weighted by atomic mass is 9.87. The predicted molar refractivity (Wildman–Crippen MR) is 202 cm³/mol. The van der Waals surface area contributed by atoms with Crippen LogP contribution in [-0.2, 0) is 0 Å². The number of ether oxygens (including phenoxy) is 1. The monoisotopic (exact) mass is 629 g/mol. The Balaban J connectivity index is 1.08. The first-order valence-electron chi connectivity index (χ1n) is 16.9. The number of hydrogen-bond acceptors (Lipinski definition) is 3. The highest BCUT2D eigenvalue weighted by atomic mass is 16.5. The van der Waals surface area contributed by atoms with Crippen LogP contribution in [0.1, 0.15) is 23.5 Å². The maximum atomic E-state index is 6.45. The van der Waals surface area contributed by atoms with E-state index in [4.69, 9.17) is 9.15 Å². The Morgan fingerprint density at radius 3 is 2.06 bits per heavy atom. The molecule has 0 saturated carbocycles. The molecule has 3 heteroatoms. The van der Waals surface area contributed by atoms with Crippen LogP contribution in [0, 0.1) is 0 Å². The van der Waals surface area contributed by atoms with Crippen LogP contribution in [0.3, 0.4) is 0 Å². The zero-order valence-corrected chi connectivity index (χ0v) is 26.7. The van der Waals surface area contributed by atoms with Gasteiger partial charge in [0, 0.05) is 44.9 Å². The minimum Gasteiger partial charge on any atom is -0.460 e. The Morgan fingerprint density at radius 2 is 1.20 bits per heavy atom. The van der Waals surface area contributed by atoms with Crippen molar-refractivity contribution in [2.75, 3.05) is 4.90 Å². The van der Waals surface area contributed by atoms with Gasteiger partial charge in [0.15, 0.2) is 0 Å². The van der Waals surface area contributed by atoms with Gasteiger partial charge >= 0.3 is 0 Å². The SMILES string of the molecule is C1=CC(c2ccc(N(c3ccc(-c4cccc5ccccc45)cc3)c3ccc4oc5ccccc5c4c3)cc2)=C2Oc3ccccc3C2C1. The van der Waals surface area contributed by atoms with Crippen LogP contribution < -0.4 is 9.64 Å². The van der Waals surface area contributed by atoms with Gasteiger partial charge in [-0.3, -0.25) is 0 Å². The van der Waals surface area contributed by atoms with Crippen molar-refractivity contribution in [3.8, 4) is 16.9 Å². The molecule has 0 radical (unpaired) electrons. The lowest BCUT2D eigenvalue weighted by Gasteiger charge is -2.26. The van der Waals surface area contributed by atoms with Gasteiger partial charge in [0.1, 0.15) is 22.7 Å². The van der Waals surface area contributed by atoms with E-state index in [1.807, 2.05) is 18.2 Å². The summed E-state index contributed by atoms with van der Waals surface area (Å²) in [7, 11) is 0. The summed E-state index contributed by atoms with van der Waals surface area (Å²) in [6.45, 7) is 0. The molecule has 0 fully saturated rings. The van der Waals surface area contributed by atoms with E-state index >= 15 is 0 Å². The highest BCUT2D eigenvalue weighted by Crippen LogP contribution is 2.48. The molecule has 8 aromatic rings. The summed E-state index contributed by atoms with van der Waals surface area (Å²) < 4.78 is 12.6. The fraction of sp³-hybridized carbons (Fsp3) is 0.0435.